The number of Topliss-reactive ketones (excluding diaryl/α,β-unsaturated/α-hetero) is 1. The van der Waals surface area contributed by atoms with Crippen LogP contribution in [0.2, 0.25) is 0 Å². The van der Waals surface area contributed by atoms with Crippen LogP contribution < -0.4 is 5.32 Å². The molecule has 2 fully saturated rings. The van der Waals surface area contributed by atoms with E-state index in [9.17, 15) is 28.3 Å². The van der Waals surface area contributed by atoms with Gasteiger partial charge in [-0.1, -0.05) is 0 Å². The zero-order valence-electron chi connectivity index (χ0n) is 16.5. The third-order valence-corrected chi connectivity index (χ3v) is 5.83. The molecule has 1 aliphatic heterocycles. The molecule has 4 rings (SSSR count). The van der Waals surface area contributed by atoms with Crippen LogP contribution in [0.5, 0.6) is 0 Å². The van der Waals surface area contributed by atoms with Crippen LogP contribution in [0.25, 0.3) is 11.3 Å². The highest BCUT2D eigenvalue weighted by Crippen LogP contribution is 2.41. The topological polar surface area (TPSA) is 112 Å². The van der Waals surface area contributed by atoms with E-state index in [1.54, 1.807) is 24.5 Å². The fourth-order valence-corrected chi connectivity index (χ4v) is 3.95. The number of imide groups is 1. The zero-order chi connectivity index (χ0) is 22.2. The van der Waals surface area contributed by atoms with E-state index in [1.807, 2.05) is 0 Å². The molecule has 1 saturated heterocycles. The van der Waals surface area contributed by atoms with E-state index in [2.05, 4.69) is 15.3 Å². The van der Waals surface area contributed by atoms with Crippen LogP contribution in [0.15, 0.2) is 36.8 Å². The van der Waals surface area contributed by atoms with Crippen molar-refractivity contribution in [3.05, 3.63) is 47.9 Å². The number of pyridine rings is 2. The third-order valence-electron chi connectivity index (χ3n) is 5.83. The van der Waals surface area contributed by atoms with Gasteiger partial charge in [0.1, 0.15) is 5.54 Å². The molecule has 1 saturated carbocycles. The van der Waals surface area contributed by atoms with Crippen molar-refractivity contribution in [2.75, 3.05) is 6.54 Å². The number of hydrogen-bond donors (Lipinski definition) is 2. The van der Waals surface area contributed by atoms with E-state index in [4.69, 9.17) is 0 Å². The Morgan fingerprint density at radius 3 is 2.52 bits per heavy atom. The molecular formula is C21H20F2N4O4. The number of carbonyl (C=O) groups is 3. The number of aliphatic hydroxyl groups excluding tert-OH is 1. The van der Waals surface area contributed by atoms with Crippen LogP contribution in [-0.2, 0) is 11.4 Å². The van der Waals surface area contributed by atoms with Crippen molar-refractivity contribution >= 4 is 17.7 Å². The lowest BCUT2D eigenvalue weighted by molar-refractivity contribution is -0.135. The highest BCUT2D eigenvalue weighted by atomic mass is 19.3. The molecule has 0 aromatic carbocycles. The molecule has 3 heterocycles. The fraction of sp³-hybridized carbons (Fsp3) is 0.381. The number of nitrogens with zero attached hydrogens (tertiary/aromatic N) is 3. The quantitative estimate of drug-likeness (QED) is 0.556. The first-order valence-corrected chi connectivity index (χ1v) is 9.80. The molecule has 3 amide bonds. The first-order chi connectivity index (χ1) is 14.7. The second-order valence-corrected chi connectivity index (χ2v) is 7.81. The summed E-state index contributed by atoms with van der Waals surface area (Å²) in [5.74, 6) is -4.00. The first-order valence-electron chi connectivity index (χ1n) is 9.80. The van der Waals surface area contributed by atoms with E-state index in [-0.39, 0.29) is 25.0 Å². The van der Waals surface area contributed by atoms with Gasteiger partial charge in [-0.3, -0.25) is 24.5 Å². The average Bonchev–Trinajstić information content (AvgIpc) is 3.00. The molecular weight excluding hydrogens is 410 g/mol. The molecule has 0 unspecified atom stereocenters. The predicted molar refractivity (Wildman–Crippen MR) is 104 cm³/mol. The molecule has 1 spiro atoms. The Hall–Kier alpha value is -3.27. The van der Waals surface area contributed by atoms with Gasteiger partial charge in [0.05, 0.1) is 18.8 Å². The van der Waals surface area contributed by atoms with Gasteiger partial charge in [0.25, 0.3) is 5.91 Å². The van der Waals surface area contributed by atoms with Gasteiger partial charge in [0, 0.05) is 42.6 Å². The summed E-state index contributed by atoms with van der Waals surface area (Å²) in [6.07, 6.45) is 3.11. The normalized spacial score (nSPS) is 19.5. The van der Waals surface area contributed by atoms with Crippen LogP contribution >= 0.6 is 0 Å². The van der Waals surface area contributed by atoms with Crippen molar-refractivity contribution < 1.29 is 28.3 Å². The molecule has 2 aromatic heterocycles. The lowest BCUT2D eigenvalue weighted by Crippen LogP contribution is -2.51. The molecule has 0 radical (unpaired) electrons. The van der Waals surface area contributed by atoms with Crippen LogP contribution in [0.3, 0.4) is 0 Å². The Balaban J connectivity index is 1.47. The van der Waals surface area contributed by atoms with Crippen molar-refractivity contribution in [1.82, 2.24) is 20.2 Å². The van der Waals surface area contributed by atoms with E-state index < -0.39 is 48.6 Å². The Kier molecular flexibility index (Phi) is 5.26. The number of ketones is 1. The number of rotatable bonds is 5. The second-order valence-electron chi connectivity index (χ2n) is 7.81. The van der Waals surface area contributed by atoms with Gasteiger partial charge in [-0.25, -0.2) is 13.6 Å². The van der Waals surface area contributed by atoms with Gasteiger partial charge in [0.15, 0.2) is 5.78 Å². The summed E-state index contributed by atoms with van der Waals surface area (Å²) in [6.45, 7) is -0.696. The molecule has 1 aliphatic carbocycles. The number of aromatic nitrogens is 2. The monoisotopic (exact) mass is 430 g/mol. The summed E-state index contributed by atoms with van der Waals surface area (Å²) in [5.41, 5.74) is 0.585. The number of nitrogens with one attached hydrogen (secondary N) is 1. The average molecular weight is 430 g/mol. The van der Waals surface area contributed by atoms with Crippen molar-refractivity contribution in [2.45, 2.75) is 43.8 Å². The smallest absolute Gasteiger partial charge is 0.325 e. The number of alkyl halides is 2. The maximum atomic E-state index is 13.5. The van der Waals surface area contributed by atoms with Crippen LogP contribution in [-0.4, -0.2) is 55.7 Å². The number of hydrogen-bond acceptors (Lipinski definition) is 6. The standard InChI is InChI=1S/C21H20F2N4O4/c22-21(23)6-4-20(5-7-21)18(30)27(19(31)26-20)11-17(29)13-1-2-16(25-9-13)15-10-24-8-3-14(15)12-28/h1-3,8-10,28H,4-7,11-12H2,(H,26,31). The van der Waals surface area contributed by atoms with Crippen molar-refractivity contribution in [3.8, 4) is 11.3 Å². The summed E-state index contributed by atoms with van der Waals surface area (Å²) >= 11 is 0. The molecule has 0 bridgehead atoms. The fourth-order valence-electron chi connectivity index (χ4n) is 3.95. The molecule has 2 aliphatic rings. The minimum atomic E-state index is -2.85. The summed E-state index contributed by atoms with van der Waals surface area (Å²) in [6, 6.07) is 4.00. The van der Waals surface area contributed by atoms with Crippen LogP contribution in [0.4, 0.5) is 13.6 Å². The number of amides is 3. The minimum absolute atomic E-state index is 0.163. The summed E-state index contributed by atoms with van der Waals surface area (Å²) < 4.78 is 27.0. The minimum Gasteiger partial charge on any atom is -0.392 e. The van der Waals surface area contributed by atoms with Gasteiger partial charge >= 0.3 is 6.03 Å². The highest BCUT2D eigenvalue weighted by Gasteiger charge is 2.55. The van der Waals surface area contributed by atoms with Crippen molar-refractivity contribution in [1.29, 1.82) is 0 Å². The number of halogens is 2. The number of urea groups is 1. The molecule has 162 valence electrons. The molecule has 8 nitrogen and oxygen atoms in total. The number of carbonyl (C=O) groups excluding carboxylic acids is 3. The Morgan fingerprint density at radius 1 is 1.13 bits per heavy atom. The van der Waals surface area contributed by atoms with Crippen LogP contribution in [0, 0.1) is 0 Å². The lowest BCUT2D eigenvalue weighted by atomic mass is 9.80. The molecule has 2 N–H and O–H groups in total. The van der Waals surface area contributed by atoms with Gasteiger partial charge in [0.2, 0.25) is 5.92 Å². The summed E-state index contributed by atoms with van der Waals surface area (Å²) in [5, 5.41) is 12.0. The zero-order valence-corrected chi connectivity index (χ0v) is 16.5. The largest absolute Gasteiger partial charge is 0.392 e. The third kappa shape index (κ3) is 3.90. The highest BCUT2D eigenvalue weighted by molar-refractivity contribution is 6.11. The van der Waals surface area contributed by atoms with Crippen molar-refractivity contribution in [3.63, 3.8) is 0 Å². The molecule has 10 heteroatoms. The van der Waals surface area contributed by atoms with Crippen LogP contribution in [0.1, 0.15) is 41.6 Å². The maximum absolute atomic E-state index is 13.5. The van der Waals surface area contributed by atoms with E-state index in [0.717, 1.165) is 4.90 Å². The summed E-state index contributed by atoms with van der Waals surface area (Å²) in [4.78, 5) is 46.8. The molecule has 2 aromatic rings. The molecule has 31 heavy (non-hydrogen) atoms. The Labute approximate surface area is 176 Å². The lowest BCUT2D eigenvalue weighted by Gasteiger charge is -2.34. The molecule has 0 atom stereocenters. The van der Waals surface area contributed by atoms with Gasteiger partial charge in [-0.2, -0.15) is 0 Å². The Morgan fingerprint density at radius 2 is 1.87 bits per heavy atom. The second kappa shape index (κ2) is 7.77. The summed E-state index contributed by atoms with van der Waals surface area (Å²) in [7, 11) is 0. The predicted octanol–water partition coefficient (Wildman–Crippen LogP) is 2.32. The van der Waals surface area contributed by atoms with E-state index in [1.165, 1.54) is 12.3 Å². The SMILES string of the molecule is O=C(CN1C(=O)NC2(CCC(F)(F)CC2)C1=O)c1ccc(-c2cnccc2CO)nc1. The maximum Gasteiger partial charge on any atom is 0.325 e. The Bertz CT molecular complexity index is 1030. The number of aliphatic hydroxyl groups is 1. The van der Waals surface area contributed by atoms with Gasteiger partial charge in [-0.05, 0) is 36.6 Å². The van der Waals surface area contributed by atoms with E-state index in [0.29, 0.717) is 16.8 Å². The van der Waals surface area contributed by atoms with Gasteiger partial charge in [-0.15, -0.1) is 0 Å². The van der Waals surface area contributed by atoms with E-state index >= 15 is 0 Å². The van der Waals surface area contributed by atoms with Crippen molar-refractivity contribution in [2.24, 2.45) is 0 Å². The van der Waals surface area contributed by atoms with Gasteiger partial charge < -0.3 is 10.4 Å². The first kappa shape index (κ1) is 21.0.